The van der Waals surface area contributed by atoms with Crippen LogP contribution < -0.4 is 5.43 Å². The van der Waals surface area contributed by atoms with Crippen LogP contribution in [0.1, 0.15) is 72.0 Å². The molecule has 0 fully saturated rings. The lowest BCUT2D eigenvalue weighted by Crippen LogP contribution is -2.32. The first-order chi connectivity index (χ1) is 20.8. The third-order valence-electron chi connectivity index (χ3n) is 6.88. The van der Waals surface area contributed by atoms with Crippen LogP contribution in [0.25, 0.3) is 0 Å². The number of unbranched alkanes of at least 4 members (excludes halogenated alkanes) is 1. The number of carboxylic acids is 1. The highest BCUT2D eigenvalue weighted by Crippen LogP contribution is 2.38. The highest BCUT2D eigenvalue weighted by Gasteiger charge is 2.37. The van der Waals surface area contributed by atoms with Crippen molar-refractivity contribution in [2.75, 3.05) is 20.6 Å². The summed E-state index contributed by atoms with van der Waals surface area (Å²) in [6, 6.07) is 3.36. The molecule has 0 radical (unpaired) electrons. The van der Waals surface area contributed by atoms with Gasteiger partial charge in [-0.05, 0) is 79.9 Å². The monoisotopic (exact) mass is 656 g/mol. The largest absolute Gasteiger partial charge is 0.481 e. The molecule has 0 saturated heterocycles. The number of carbonyl (C=O) groups is 1. The highest BCUT2D eigenvalue weighted by atomic mass is 19.4. The Kier molecular flexibility index (Phi) is 12.8. The van der Waals surface area contributed by atoms with Crippen molar-refractivity contribution in [3.8, 4) is 0 Å². The summed E-state index contributed by atoms with van der Waals surface area (Å²) in [7, 11) is 2.99. The molecule has 1 unspecified atom stereocenters. The number of rotatable bonds is 13. The average Bonchev–Trinajstić information content (AvgIpc) is 2.93. The summed E-state index contributed by atoms with van der Waals surface area (Å²) in [4.78, 5) is 13.7. The number of alkyl halides is 9. The lowest BCUT2D eigenvalue weighted by Gasteiger charge is -2.31. The molecule has 3 N–H and O–H groups in total. The number of hydrogen-bond acceptors (Lipinski definition) is 5. The lowest BCUT2D eigenvalue weighted by atomic mass is 9.94. The van der Waals surface area contributed by atoms with Gasteiger partial charge in [0, 0.05) is 32.6 Å². The molecular weight excluding hydrogens is 623 g/mol. The molecule has 0 heterocycles. The Labute approximate surface area is 253 Å². The zero-order valence-electron chi connectivity index (χ0n) is 24.5. The fraction of sp³-hybridized carbons (Fsp3) is 0.500. The standard InChI is InChI=1S/C28H33F9N6O2/c1-4-23(42(3)10-6-5-7-24(44)45)22-9-8-19(26(29,30)31)13-18(22)16-43(25(40-38)41-39-2)15-17-11-20(27(32,33)34)14-21(12-17)28(35,36)37/h8-9,11-14,23,38-39H,4-7,10,15-16H2,1-3H3,(H,44,45)/b40-38?,41-25+. The molecule has 0 aromatic heterocycles. The summed E-state index contributed by atoms with van der Waals surface area (Å²) in [6.45, 7) is 0.900. The molecule has 0 spiro atoms. The third kappa shape index (κ3) is 10.9. The Balaban J connectivity index is 2.66. The van der Waals surface area contributed by atoms with Gasteiger partial charge in [0.05, 0.1) is 16.7 Å². The van der Waals surface area contributed by atoms with E-state index in [1.807, 2.05) is 4.90 Å². The predicted octanol–water partition coefficient (Wildman–Crippen LogP) is 7.90. The smallest absolute Gasteiger partial charge is 0.416 e. The fourth-order valence-electron chi connectivity index (χ4n) is 4.81. The molecule has 45 heavy (non-hydrogen) atoms. The topological polar surface area (TPSA) is 104 Å². The first-order valence-corrected chi connectivity index (χ1v) is 13.6. The van der Waals surface area contributed by atoms with Crippen LogP contribution in [0.2, 0.25) is 0 Å². The zero-order chi connectivity index (χ0) is 34.2. The fourth-order valence-corrected chi connectivity index (χ4v) is 4.81. The molecule has 0 aliphatic heterocycles. The van der Waals surface area contributed by atoms with E-state index in [9.17, 15) is 44.3 Å². The lowest BCUT2D eigenvalue weighted by molar-refractivity contribution is -0.143. The van der Waals surface area contributed by atoms with Gasteiger partial charge in [-0.25, -0.2) is 5.53 Å². The van der Waals surface area contributed by atoms with Crippen molar-refractivity contribution in [3.63, 3.8) is 0 Å². The SMILES string of the molecule is CCC(c1ccc(C(F)(F)F)cc1CN(Cc1cc(C(F)(F)F)cc(C(F)(F)F)c1)/C(N=N)=N/NC)N(C)CCCCC(=O)O. The zero-order valence-corrected chi connectivity index (χ0v) is 24.5. The van der Waals surface area contributed by atoms with E-state index >= 15 is 0 Å². The molecule has 2 aromatic carbocycles. The number of benzene rings is 2. The number of carboxylic acid groups (broad SMARTS) is 1. The van der Waals surface area contributed by atoms with Gasteiger partial charge in [0.1, 0.15) is 0 Å². The molecule has 2 aromatic rings. The molecule has 17 heteroatoms. The minimum atomic E-state index is -5.14. The Morgan fingerprint density at radius 3 is 1.96 bits per heavy atom. The van der Waals surface area contributed by atoms with Gasteiger partial charge in [-0.15, -0.1) is 10.2 Å². The number of hydrazone groups is 1. The molecule has 2 rings (SSSR count). The van der Waals surface area contributed by atoms with Gasteiger partial charge in [0.15, 0.2) is 0 Å². The summed E-state index contributed by atoms with van der Waals surface area (Å²) in [6.07, 6.45) is -13.9. The summed E-state index contributed by atoms with van der Waals surface area (Å²) in [5, 5.41) is 15.9. The van der Waals surface area contributed by atoms with Crippen molar-refractivity contribution in [2.45, 2.75) is 70.3 Å². The number of nitrogens with one attached hydrogen (secondary N) is 2. The molecule has 0 saturated carbocycles. The normalized spacial score (nSPS) is 13.6. The van der Waals surface area contributed by atoms with E-state index in [0.717, 1.165) is 17.0 Å². The summed E-state index contributed by atoms with van der Waals surface area (Å²) < 4.78 is 123. The van der Waals surface area contributed by atoms with Gasteiger partial charge < -0.3 is 15.4 Å². The van der Waals surface area contributed by atoms with Crippen LogP contribution in [-0.4, -0.2) is 47.5 Å². The van der Waals surface area contributed by atoms with Crippen molar-refractivity contribution in [1.29, 1.82) is 5.53 Å². The molecule has 0 amide bonds. The second-order valence-corrected chi connectivity index (χ2v) is 10.2. The second-order valence-electron chi connectivity index (χ2n) is 10.2. The van der Waals surface area contributed by atoms with Crippen molar-refractivity contribution >= 4 is 11.9 Å². The average molecular weight is 657 g/mol. The number of hydrogen-bond donors (Lipinski definition) is 3. The number of nitrogens with zero attached hydrogens (tertiary/aromatic N) is 4. The maximum Gasteiger partial charge on any atom is 0.416 e. The molecule has 0 aliphatic carbocycles. The Hall–Kier alpha value is -3.89. The van der Waals surface area contributed by atoms with Crippen LogP contribution in [0.4, 0.5) is 39.5 Å². The van der Waals surface area contributed by atoms with Crippen molar-refractivity contribution in [2.24, 2.45) is 10.2 Å². The van der Waals surface area contributed by atoms with Crippen molar-refractivity contribution < 1.29 is 49.4 Å². The van der Waals surface area contributed by atoms with Crippen LogP contribution in [0.3, 0.4) is 0 Å². The van der Waals surface area contributed by atoms with Gasteiger partial charge in [0.25, 0.3) is 5.96 Å². The van der Waals surface area contributed by atoms with Gasteiger partial charge in [-0.3, -0.25) is 9.69 Å². The Bertz CT molecular complexity index is 1310. The molecule has 1 atom stereocenters. The van der Waals surface area contributed by atoms with Crippen LogP contribution in [0.5, 0.6) is 0 Å². The summed E-state index contributed by atoms with van der Waals surface area (Å²) in [5.41, 5.74) is 5.54. The minimum absolute atomic E-state index is 0.0181. The van der Waals surface area contributed by atoms with Crippen LogP contribution in [0, 0.1) is 5.53 Å². The first-order valence-electron chi connectivity index (χ1n) is 13.6. The first kappa shape index (κ1) is 37.3. The van der Waals surface area contributed by atoms with Gasteiger partial charge in [-0.2, -0.15) is 39.5 Å². The summed E-state index contributed by atoms with van der Waals surface area (Å²) in [5.74, 6) is -1.49. The maximum absolute atomic E-state index is 13.8. The van der Waals surface area contributed by atoms with Gasteiger partial charge in [0.2, 0.25) is 0 Å². The van der Waals surface area contributed by atoms with E-state index in [1.165, 1.54) is 13.1 Å². The molecule has 8 nitrogen and oxygen atoms in total. The van der Waals surface area contributed by atoms with Gasteiger partial charge in [-0.1, -0.05) is 13.0 Å². The van der Waals surface area contributed by atoms with Crippen LogP contribution >= 0.6 is 0 Å². The Morgan fingerprint density at radius 2 is 1.49 bits per heavy atom. The third-order valence-corrected chi connectivity index (χ3v) is 6.88. The van der Waals surface area contributed by atoms with Crippen molar-refractivity contribution in [1.82, 2.24) is 15.2 Å². The number of guanidine groups is 1. The molecule has 250 valence electrons. The van der Waals surface area contributed by atoms with E-state index in [-0.39, 0.29) is 18.1 Å². The Morgan fingerprint density at radius 1 is 0.911 bits per heavy atom. The van der Waals surface area contributed by atoms with E-state index in [2.05, 4.69) is 15.6 Å². The quantitative estimate of drug-likeness (QED) is 0.0508. The minimum Gasteiger partial charge on any atom is -0.481 e. The van der Waals surface area contributed by atoms with E-state index in [0.29, 0.717) is 43.5 Å². The van der Waals surface area contributed by atoms with E-state index in [4.69, 9.17) is 10.6 Å². The number of halogens is 9. The van der Waals surface area contributed by atoms with Crippen molar-refractivity contribution in [3.05, 3.63) is 69.8 Å². The molecular formula is C28H33F9N6O2. The number of aliphatic carboxylic acids is 1. The highest BCUT2D eigenvalue weighted by molar-refractivity contribution is 5.80. The second kappa shape index (κ2) is 15.4. The maximum atomic E-state index is 13.8. The summed E-state index contributed by atoms with van der Waals surface area (Å²) >= 11 is 0. The molecule has 0 aliphatic rings. The predicted molar refractivity (Wildman–Crippen MR) is 146 cm³/mol. The van der Waals surface area contributed by atoms with E-state index < -0.39 is 71.8 Å². The van der Waals surface area contributed by atoms with Crippen LogP contribution in [-0.2, 0) is 36.4 Å². The molecule has 0 bridgehead atoms. The van der Waals surface area contributed by atoms with Crippen LogP contribution in [0.15, 0.2) is 46.6 Å². The van der Waals surface area contributed by atoms with Gasteiger partial charge >= 0.3 is 24.5 Å². The van der Waals surface area contributed by atoms with E-state index in [1.54, 1.807) is 14.0 Å².